The van der Waals surface area contributed by atoms with Crippen molar-refractivity contribution in [2.75, 3.05) is 64.8 Å². The Morgan fingerprint density at radius 3 is 2.44 bits per heavy atom. The van der Waals surface area contributed by atoms with E-state index >= 15 is 0 Å². The van der Waals surface area contributed by atoms with E-state index in [1.807, 2.05) is 18.2 Å². The largest absolute Gasteiger partial charge is 0.490 e. The summed E-state index contributed by atoms with van der Waals surface area (Å²) in [5.74, 6) is 2.46. The van der Waals surface area contributed by atoms with Gasteiger partial charge in [0.05, 0.1) is 19.8 Å². The Kier molecular flexibility index (Phi) is 9.73. The molecule has 2 fully saturated rings. The third kappa shape index (κ3) is 6.41. The van der Waals surface area contributed by atoms with Gasteiger partial charge in [0.25, 0.3) is 0 Å². The zero-order valence-electron chi connectivity index (χ0n) is 19.7. The van der Waals surface area contributed by atoms with Gasteiger partial charge in [0.1, 0.15) is 0 Å². The van der Waals surface area contributed by atoms with E-state index in [1.165, 1.54) is 45.2 Å². The first-order valence-corrected chi connectivity index (χ1v) is 12.1. The highest BCUT2D eigenvalue weighted by atomic mass is 127. The van der Waals surface area contributed by atoms with Crippen LogP contribution in [0.2, 0.25) is 0 Å². The number of aliphatic imine (C=N–C) groups is 1. The van der Waals surface area contributed by atoms with Crippen LogP contribution < -0.4 is 20.1 Å². The maximum atomic E-state index is 5.85. The zero-order valence-corrected chi connectivity index (χ0v) is 22.0. The van der Waals surface area contributed by atoms with Crippen molar-refractivity contribution in [3.05, 3.63) is 18.2 Å². The van der Waals surface area contributed by atoms with Gasteiger partial charge in [-0.3, -0.25) is 9.89 Å². The number of benzene rings is 1. The van der Waals surface area contributed by atoms with Crippen LogP contribution in [0.25, 0.3) is 0 Å². The van der Waals surface area contributed by atoms with Crippen molar-refractivity contribution in [2.24, 2.45) is 4.99 Å². The molecule has 1 aromatic rings. The molecule has 1 aromatic carbocycles. The van der Waals surface area contributed by atoms with E-state index in [0.717, 1.165) is 55.7 Å². The molecule has 0 aliphatic carbocycles. The number of hydrogen-bond acceptors (Lipinski definition) is 5. The first-order chi connectivity index (χ1) is 15.2. The molecule has 0 atom stereocenters. The van der Waals surface area contributed by atoms with Gasteiger partial charge in [-0.15, -0.1) is 24.0 Å². The second kappa shape index (κ2) is 12.3. The van der Waals surface area contributed by atoms with Gasteiger partial charge in [0, 0.05) is 30.3 Å². The monoisotopic (exact) mass is 557 g/mol. The van der Waals surface area contributed by atoms with Crippen LogP contribution >= 0.6 is 24.0 Å². The molecule has 3 aliphatic rings. The highest BCUT2D eigenvalue weighted by Gasteiger charge is 2.39. The van der Waals surface area contributed by atoms with Crippen molar-refractivity contribution in [1.82, 2.24) is 15.1 Å². The number of guanidine groups is 1. The van der Waals surface area contributed by atoms with Gasteiger partial charge >= 0.3 is 0 Å². The van der Waals surface area contributed by atoms with Crippen LogP contribution in [0.1, 0.15) is 45.4 Å². The highest BCUT2D eigenvalue weighted by Crippen LogP contribution is 2.33. The van der Waals surface area contributed by atoms with E-state index in [2.05, 4.69) is 34.4 Å². The third-order valence-electron chi connectivity index (χ3n) is 6.83. The molecule has 0 spiro atoms. The van der Waals surface area contributed by atoms with Gasteiger partial charge in [0.2, 0.25) is 0 Å². The Hall–Kier alpha value is -1.26. The molecule has 7 nitrogen and oxygen atoms in total. The molecule has 3 heterocycles. The molecule has 180 valence electrons. The number of ether oxygens (including phenoxy) is 2. The molecule has 0 bridgehead atoms. The van der Waals surface area contributed by atoms with Gasteiger partial charge in [-0.2, -0.15) is 0 Å². The zero-order chi connectivity index (χ0) is 21.5. The van der Waals surface area contributed by atoms with Crippen LogP contribution in [0.4, 0.5) is 5.69 Å². The van der Waals surface area contributed by atoms with E-state index in [4.69, 9.17) is 14.5 Å². The molecular formula is C24H40IN5O2. The minimum atomic E-state index is 0. The summed E-state index contributed by atoms with van der Waals surface area (Å²) in [6.07, 6.45) is 7.29. The number of fused-ring (bicyclic) bond motifs is 1. The van der Waals surface area contributed by atoms with Gasteiger partial charge < -0.3 is 25.0 Å². The normalized spacial score (nSPS) is 21.9. The van der Waals surface area contributed by atoms with Crippen LogP contribution in [0.3, 0.4) is 0 Å². The number of hydrogen-bond donors (Lipinski definition) is 2. The minimum Gasteiger partial charge on any atom is -0.490 e. The van der Waals surface area contributed by atoms with Crippen molar-refractivity contribution in [2.45, 2.75) is 51.0 Å². The summed E-state index contributed by atoms with van der Waals surface area (Å²) in [5.41, 5.74) is 1.15. The van der Waals surface area contributed by atoms with Gasteiger partial charge in [-0.1, -0.05) is 6.42 Å². The van der Waals surface area contributed by atoms with Crippen LogP contribution in [0.15, 0.2) is 23.2 Å². The van der Waals surface area contributed by atoms with Crippen molar-refractivity contribution >= 4 is 35.6 Å². The molecule has 0 amide bonds. The number of piperidine rings is 2. The Morgan fingerprint density at radius 1 is 1.00 bits per heavy atom. The highest BCUT2D eigenvalue weighted by molar-refractivity contribution is 14.0. The molecule has 4 rings (SSSR count). The van der Waals surface area contributed by atoms with Gasteiger partial charge in [0.15, 0.2) is 17.5 Å². The molecular weight excluding hydrogens is 517 g/mol. The molecule has 3 aliphatic heterocycles. The fraction of sp³-hybridized carbons (Fsp3) is 0.708. The number of nitrogens with zero attached hydrogens (tertiary/aromatic N) is 3. The van der Waals surface area contributed by atoms with Crippen LogP contribution in [-0.2, 0) is 0 Å². The number of likely N-dealkylation sites (tertiary alicyclic amines) is 2. The van der Waals surface area contributed by atoms with Crippen LogP contribution in [-0.4, -0.2) is 80.8 Å². The van der Waals surface area contributed by atoms with Crippen molar-refractivity contribution < 1.29 is 9.47 Å². The second-order valence-electron chi connectivity index (χ2n) is 9.11. The lowest BCUT2D eigenvalue weighted by atomic mass is 9.84. The van der Waals surface area contributed by atoms with Crippen molar-refractivity contribution in [1.29, 1.82) is 0 Å². The standard InChI is InChI=1S/C24H39N5O2.HI/c1-3-25-23(27-20-8-9-21-22(18-20)31-17-7-16-30-21)26-19-24(10-14-28(2)15-11-24)29-12-5-4-6-13-29;/h8-9,18H,3-7,10-17,19H2,1-2H3,(H2,25,26,27);1H. The quantitative estimate of drug-likeness (QED) is 0.327. The SMILES string of the molecule is CCNC(=NCC1(N2CCCCC2)CCN(C)CC1)Nc1ccc2c(c1)OCCCO2.I. The summed E-state index contributed by atoms with van der Waals surface area (Å²) < 4.78 is 11.6. The molecule has 0 unspecified atom stereocenters. The molecule has 8 heteroatoms. The van der Waals surface area contributed by atoms with Crippen LogP contribution in [0, 0.1) is 0 Å². The predicted octanol–water partition coefficient (Wildman–Crippen LogP) is 3.79. The predicted molar refractivity (Wildman–Crippen MR) is 142 cm³/mol. The summed E-state index contributed by atoms with van der Waals surface area (Å²) >= 11 is 0. The topological polar surface area (TPSA) is 61.4 Å². The number of rotatable bonds is 5. The van der Waals surface area contributed by atoms with E-state index < -0.39 is 0 Å². The molecule has 0 saturated carbocycles. The first-order valence-electron chi connectivity index (χ1n) is 12.1. The fourth-order valence-corrected chi connectivity index (χ4v) is 4.89. The lowest BCUT2D eigenvalue weighted by Crippen LogP contribution is -2.58. The molecule has 0 radical (unpaired) electrons. The number of halogens is 1. The van der Waals surface area contributed by atoms with Crippen LogP contribution in [0.5, 0.6) is 11.5 Å². The lowest BCUT2D eigenvalue weighted by Gasteiger charge is -2.49. The Morgan fingerprint density at radius 2 is 1.72 bits per heavy atom. The van der Waals surface area contributed by atoms with E-state index in [9.17, 15) is 0 Å². The average molecular weight is 558 g/mol. The van der Waals surface area contributed by atoms with E-state index in [0.29, 0.717) is 13.2 Å². The van der Waals surface area contributed by atoms with Gasteiger partial charge in [-0.05, 0) is 78.0 Å². The summed E-state index contributed by atoms with van der Waals surface area (Å²) in [5, 5.41) is 6.92. The maximum Gasteiger partial charge on any atom is 0.195 e. The summed E-state index contributed by atoms with van der Waals surface area (Å²) in [6, 6.07) is 6.04. The third-order valence-corrected chi connectivity index (χ3v) is 6.83. The minimum absolute atomic E-state index is 0. The Balaban J connectivity index is 0.00000289. The second-order valence-corrected chi connectivity index (χ2v) is 9.11. The Labute approximate surface area is 210 Å². The first kappa shape index (κ1) is 25.4. The summed E-state index contributed by atoms with van der Waals surface area (Å²) in [4.78, 5) is 10.3. The summed E-state index contributed by atoms with van der Waals surface area (Å²) in [6.45, 7) is 9.90. The lowest BCUT2D eigenvalue weighted by molar-refractivity contribution is 0.0208. The summed E-state index contributed by atoms with van der Waals surface area (Å²) in [7, 11) is 2.24. The van der Waals surface area contributed by atoms with Gasteiger partial charge in [-0.25, -0.2) is 0 Å². The van der Waals surface area contributed by atoms with Crippen molar-refractivity contribution in [3.63, 3.8) is 0 Å². The number of anilines is 1. The van der Waals surface area contributed by atoms with E-state index in [1.54, 1.807) is 0 Å². The van der Waals surface area contributed by atoms with Crippen molar-refractivity contribution in [3.8, 4) is 11.5 Å². The molecule has 0 aromatic heterocycles. The molecule has 2 N–H and O–H groups in total. The average Bonchev–Trinajstić information content (AvgIpc) is 3.05. The fourth-order valence-electron chi connectivity index (χ4n) is 4.89. The smallest absolute Gasteiger partial charge is 0.195 e. The maximum absolute atomic E-state index is 5.85. The molecule has 32 heavy (non-hydrogen) atoms. The van der Waals surface area contributed by atoms with E-state index in [-0.39, 0.29) is 29.5 Å². The Bertz CT molecular complexity index is 746. The molecule has 2 saturated heterocycles. The number of nitrogens with one attached hydrogen (secondary N) is 2.